The average Bonchev–Trinajstić information content (AvgIpc) is 3.11. The van der Waals surface area contributed by atoms with E-state index in [0.29, 0.717) is 6.42 Å². The highest BCUT2D eigenvalue weighted by Crippen LogP contribution is 2.41. The molecule has 3 rings (SSSR count). The van der Waals surface area contributed by atoms with Gasteiger partial charge in [-0.05, 0) is 74.9 Å². The number of methoxy groups -OCH3 is 1. The summed E-state index contributed by atoms with van der Waals surface area (Å²) in [5.74, 6) is -5.59. The number of hydrogen-bond donors (Lipinski definition) is 4. The largest absolute Gasteiger partial charge is 0.459 e. The molecule has 3 fully saturated rings. The van der Waals surface area contributed by atoms with Gasteiger partial charge in [0.05, 0.1) is 53.7 Å². The van der Waals surface area contributed by atoms with Crippen LogP contribution in [0, 0.1) is 23.7 Å². The smallest absolute Gasteiger partial charge is 0.311 e. The molecule has 0 aromatic rings. The number of carbonyl (C=O) groups excluding carboxylic acids is 3. The van der Waals surface area contributed by atoms with Crippen LogP contribution in [-0.2, 0) is 47.5 Å². The first kappa shape index (κ1) is 47.6. The molecule has 0 saturated carbocycles. The molecule has 0 unspecified atom stereocenters. The summed E-state index contributed by atoms with van der Waals surface area (Å²) in [5.41, 5.74) is -4.92. The number of esters is 2. The fraction of sp³-hybridized carbons (Fsp3) is 0.925. The van der Waals surface area contributed by atoms with Gasteiger partial charge < -0.3 is 58.5 Å². The normalized spacial score (nSPS) is 46.9. The summed E-state index contributed by atoms with van der Waals surface area (Å²) < 4.78 is 43.6. The molecule has 0 aromatic carbocycles. The summed E-state index contributed by atoms with van der Waals surface area (Å²) in [6.45, 7) is 18.0. The van der Waals surface area contributed by atoms with E-state index in [0.717, 1.165) is 0 Å². The molecular weight excluding hydrogens is 718 g/mol. The van der Waals surface area contributed by atoms with E-state index in [2.05, 4.69) is 0 Å². The molecule has 3 aliphatic heterocycles. The third-order valence-electron chi connectivity index (χ3n) is 12.4. The molecule has 0 aromatic heterocycles. The van der Waals surface area contributed by atoms with Crippen LogP contribution in [-0.4, -0.2) is 149 Å². The Balaban J connectivity index is 2.24. The molecule has 0 aliphatic carbocycles. The Bertz CT molecular complexity index is 1290. The number of rotatable bonds is 9. The molecule has 55 heavy (non-hydrogen) atoms. The predicted octanol–water partition coefficient (Wildman–Crippen LogP) is 2.75. The molecule has 0 bridgehead atoms. The monoisotopic (exact) mass is 789 g/mol. The molecule has 15 heteroatoms. The lowest BCUT2D eigenvalue weighted by molar-refractivity contribution is -0.319. The minimum atomic E-state index is -2.01. The molecule has 15 nitrogen and oxygen atoms in total. The van der Waals surface area contributed by atoms with E-state index in [1.807, 2.05) is 25.9 Å². The van der Waals surface area contributed by atoms with Crippen molar-refractivity contribution in [2.45, 2.75) is 193 Å². The number of Topliss-reactive ketones (excluding diaryl/α,β-unsaturated/α-hetero) is 1. The van der Waals surface area contributed by atoms with Crippen LogP contribution in [0.25, 0.3) is 0 Å². The number of likely N-dealkylation sites (N-methyl/N-ethyl adjacent to an activating group) is 1. The van der Waals surface area contributed by atoms with E-state index in [-0.39, 0.29) is 37.8 Å². The first-order valence-corrected chi connectivity index (χ1v) is 19.9. The van der Waals surface area contributed by atoms with Crippen LogP contribution in [0.3, 0.4) is 0 Å². The molecule has 0 spiro atoms. The molecule has 3 aliphatic rings. The van der Waals surface area contributed by atoms with Crippen LogP contribution in [0.2, 0.25) is 0 Å². The second kappa shape index (κ2) is 18.9. The molecule has 320 valence electrons. The zero-order valence-corrected chi connectivity index (χ0v) is 35.5. The van der Waals surface area contributed by atoms with Crippen molar-refractivity contribution in [1.82, 2.24) is 4.90 Å². The number of ether oxygens (including phenoxy) is 7. The van der Waals surface area contributed by atoms with Crippen molar-refractivity contribution in [1.29, 1.82) is 0 Å². The van der Waals surface area contributed by atoms with Crippen molar-refractivity contribution in [3.8, 4) is 0 Å². The van der Waals surface area contributed by atoms with Crippen molar-refractivity contribution in [2.75, 3.05) is 21.2 Å². The predicted molar refractivity (Wildman–Crippen MR) is 200 cm³/mol. The summed E-state index contributed by atoms with van der Waals surface area (Å²) >= 11 is 0. The molecule has 4 N–H and O–H groups in total. The second-order valence-corrected chi connectivity index (χ2v) is 17.3. The summed E-state index contributed by atoms with van der Waals surface area (Å²) in [4.78, 5) is 42.9. The summed E-state index contributed by atoms with van der Waals surface area (Å²) in [6.07, 6.45) is -9.68. The number of hydrogen-bond acceptors (Lipinski definition) is 15. The van der Waals surface area contributed by atoms with Gasteiger partial charge in [-0.15, -0.1) is 0 Å². The zero-order valence-electron chi connectivity index (χ0n) is 35.5. The lowest BCUT2D eigenvalue weighted by Gasteiger charge is -2.49. The van der Waals surface area contributed by atoms with E-state index in [4.69, 9.17) is 33.2 Å². The van der Waals surface area contributed by atoms with Gasteiger partial charge in [0.1, 0.15) is 23.6 Å². The first-order valence-electron chi connectivity index (χ1n) is 19.9. The van der Waals surface area contributed by atoms with Gasteiger partial charge in [-0.3, -0.25) is 14.4 Å². The highest BCUT2D eigenvalue weighted by molar-refractivity contribution is 5.83. The molecule has 0 amide bonds. The Hall–Kier alpha value is -1.79. The van der Waals surface area contributed by atoms with Crippen LogP contribution in [0.4, 0.5) is 0 Å². The summed E-state index contributed by atoms with van der Waals surface area (Å²) in [6, 6.07) is -0.319. The third-order valence-corrected chi connectivity index (χ3v) is 12.4. The van der Waals surface area contributed by atoms with Crippen LogP contribution in [0.15, 0.2) is 0 Å². The van der Waals surface area contributed by atoms with E-state index >= 15 is 0 Å². The van der Waals surface area contributed by atoms with Gasteiger partial charge in [0.15, 0.2) is 18.7 Å². The minimum absolute atomic E-state index is 0.0760. The molecule has 0 radical (unpaired) electrons. The molecular formula is C40H71NO14. The number of nitrogens with zero attached hydrogens (tertiary/aromatic N) is 1. The van der Waals surface area contributed by atoms with E-state index in [9.17, 15) is 34.8 Å². The van der Waals surface area contributed by atoms with Gasteiger partial charge in [-0.1, -0.05) is 34.6 Å². The topological polar surface area (TPSA) is 200 Å². The highest BCUT2D eigenvalue weighted by Gasteiger charge is 2.54. The van der Waals surface area contributed by atoms with Crippen molar-refractivity contribution in [3.05, 3.63) is 0 Å². The average molecular weight is 790 g/mol. The second-order valence-electron chi connectivity index (χ2n) is 17.3. The number of carbonyl (C=O) groups is 3. The van der Waals surface area contributed by atoms with E-state index in [1.165, 1.54) is 27.9 Å². The van der Waals surface area contributed by atoms with Crippen molar-refractivity contribution < 1.29 is 68.0 Å². The summed E-state index contributed by atoms with van der Waals surface area (Å²) in [5, 5.41) is 46.6. The number of ketones is 1. The van der Waals surface area contributed by atoms with Crippen LogP contribution >= 0.6 is 0 Å². The molecule has 18 atom stereocenters. The maximum absolute atomic E-state index is 14.2. The maximum Gasteiger partial charge on any atom is 0.311 e. The van der Waals surface area contributed by atoms with Crippen LogP contribution in [0.1, 0.15) is 108 Å². The Morgan fingerprint density at radius 1 is 0.891 bits per heavy atom. The number of aliphatic hydroxyl groups excluding tert-OH is 2. The van der Waals surface area contributed by atoms with Gasteiger partial charge in [0, 0.05) is 37.7 Å². The van der Waals surface area contributed by atoms with Crippen LogP contribution in [0.5, 0.6) is 0 Å². The lowest BCUT2D eigenvalue weighted by atomic mass is 9.74. The number of cyclic esters (lactones) is 1. The fourth-order valence-corrected chi connectivity index (χ4v) is 8.76. The van der Waals surface area contributed by atoms with Crippen molar-refractivity contribution >= 4 is 17.7 Å². The van der Waals surface area contributed by atoms with Gasteiger partial charge in [0.25, 0.3) is 0 Å². The van der Waals surface area contributed by atoms with Crippen molar-refractivity contribution in [2.24, 2.45) is 23.7 Å². The lowest BCUT2D eigenvalue weighted by Crippen LogP contribution is -2.61. The van der Waals surface area contributed by atoms with Gasteiger partial charge >= 0.3 is 11.9 Å². The van der Waals surface area contributed by atoms with E-state index < -0.39 is 114 Å². The highest BCUT2D eigenvalue weighted by atomic mass is 16.7. The zero-order chi connectivity index (χ0) is 42.0. The fourth-order valence-electron chi connectivity index (χ4n) is 8.76. The maximum atomic E-state index is 14.2. The summed E-state index contributed by atoms with van der Waals surface area (Å²) in [7, 11) is 5.21. The van der Waals surface area contributed by atoms with Gasteiger partial charge in [-0.25, -0.2) is 0 Å². The Morgan fingerprint density at radius 2 is 1.51 bits per heavy atom. The standard InChI is InChI=1S/C40H71NO14/c1-15-27-40(11,48)33(44)22(5)30(43)20(3)18-38(9,47)35(55-37-32(53-28(42)16-2)26(41(12)13)17-21(4)50-37)23(6)31(24(7)36(46)52-27)54-29-19-39(10,49-14)34(45)25(8)51-29/h20-27,29,31-35,37,44-45,47-48H,15-19H2,1-14H3/t20-,21-,22+,23-,24-,25-,26-,27-,29-,31+,32+,33-,34-,35-,37+,38+,39+,40+/m1/s1. The van der Waals surface area contributed by atoms with Crippen LogP contribution < -0.4 is 0 Å². The molecule has 3 saturated heterocycles. The third kappa shape index (κ3) is 10.6. The first-order chi connectivity index (χ1) is 25.4. The Morgan fingerprint density at radius 3 is 2.05 bits per heavy atom. The van der Waals surface area contributed by atoms with E-state index in [1.54, 1.807) is 48.5 Å². The van der Waals surface area contributed by atoms with Gasteiger partial charge in [-0.2, -0.15) is 0 Å². The molecule has 3 heterocycles. The SMILES string of the molecule is CCC(=O)O[C@@H]1[C@H](O[C@@H]2[C@H](C)[C@H](O[C@@H]3C[C@](C)(OC)[C@H](O)[C@@H](C)O3)[C@@H](C)C(=O)O[C@H](CC)[C@](C)(O)[C@H](O)[C@@H](C)C(=O)[C@H](C)C[C@]2(C)O)O[C@H](C)C[C@H]1N(C)C. The Kier molecular flexibility index (Phi) is 16.3. The number of aliphatic hydroxyl groups is 4. The minimum Gasteiger partial charge on any atom is -0.459 e. The van der Waals surface area contributed by atoms with Crippen molar-refractivity contribution in [3.63, 3.8) is 0 Å². The quantitative estimate of drug-likeness (QED) is 0.249. The Labute approximate surface area is 327 Å². The van der Waals surface area contributed by atoms with Gasteiger partial charge in [0.2, 0.25) is 0 Å².